The number of carbonyl (C=O) groups is 1. The van der Waals surface area contributed by atoms with Crippen LogP contribution in [0.2, 0.25) is 0 Å². The summed E-state index contributed by atoms with van der Waals surface area (Å²) in [6, 6.07) is 24.7. The summed E-state index contributed by atoms with van der Waals surface area (Å²) in [5, 5.41) is 3.07. The third-order valence-corrected chi connectivity index (χ3v) is 6.87. The van der Waals surface area contributed by atoms with Crippen molar-refractivity contribution in [3.05, 3.63) is 96.1 Å². The van der Waals surface area contributed by atoms with Gasteiger partial charge in [0.1, 0.15) is 0 Å². The van der Waals surface area contributed by atoms with Gasteiger partial charge in [-0.1, -0.05) is 68.4 Å². The summed E-state index contributed by atoms with van der Waals surface area (Å²) in [5.74, 6) is 0.0886. The molecule has 0 aromatic heterocycles. The minimum absolute atomic E-state index is 0.0756. The lowest BCUT2D eigenvalue weighted by Gasteiger charge is -2.22. The molecule has 0 aliphatic carbocycles. The van der Waals surface area contributed by atoms with Gasteiger partial charge in [-0.15, -0.1) is 0 Å². The van der Waals surface area contributed by atoms with E-state index in [0.717, 1.165) is 12.0 Å². The number of amides is 1. The van der Waals surface area contributed by atoms with Crippen molar-refractivity contribution in [1.29, 1.82) is 0 Å². The zero-order valence-electron chi connectivity index (χ0n) is 18.0. The van der Waals surface area contributed by atoms with Crippen LogP contribution in [-0.2, 0) is 10.0 Å². The van der Waals surface area contributed by atoms with Crippen LogP contribution in [0.5, 0.6) is 0 Å². The Morgan fingerprint density at radius 3 is 2.13 bits per heavy atom. The first-order chi connectivity index (χ1) is 14.8. The first-order valence-corrected chi connectivity index (χ1v) is 11.7. The number of hydrogen-bond donors (Lipinski definition) is 1. The molecule has 5 nitrogen and oxygen atoms in total. The molecular weight excluding hydrogens is 408 g/mol. The number of sulfonamides is 1. The molecule has 0 aliphatic rings. The summed E-state index contributed by atoms with van der Waals surface area (Å²) in [6.45, 7) is 4.21. The lowest BCUT2D eigenvalue weighted by atomic mass is 9.96. The number of hydrogen-bond acceptors (Lipinski definition) is 3. The summed E-state index contributed by atoms with van der Waals surface area (Å²) in [5.41, 5.74) is 1.89. The van der Waals surface area contributed by atoms with E-state index in [-0.39, 0.29) is 16.8 Å². The molecule has 0 spiro atoms. The molecule has 0 heterocycles. The van der Waals surface area contributed by atoms with Gasteiger partial charge in [-0.3, -0.25) is 9.10 Å². The number of para-hydroxylation sites is 1. The number of nitrogens with one attached hydrogen (secondary N) is 1. The molecule has 0 saturated carbocycles. The molecule has 1 unspecified atom stereocenters. The Hall–Kier alpha value is -3.12. The van der Waals surface area contributed by atoms with Crippen LogP contribution in [0, 0.1) is 5.92 Å². The van der Waals surface area contributed by atoms with E-state index in [4.69, 9.17) is 0 Å². The summed E-state index contributed by atoms with van der Waals surface area (Å²) in [7, 11) is -2.29. The van der Waals surface area contributed by atoms with Crippen LogP contribution in [0.1, 0.15) is 42.2 Å². The summed E-state index contributed by atoms with van der Waals surface area (Å²) in [4.78, 5) is 13.1. The molecule has 3 rings (SSSR count). The van der Waals surface area contributed by atoms with Gasteiger partial charge in [-0.2, -0.15) is 0 Å². The van der Waals surface area contributed by atoms with Crippen molar-refractivity contribution in [2.24, 2.45) is 5.92 Å². The van der Waals surface area contributed by atoms with Gasteiger partial charge < -0.3 is 5.32 Å². The van der Waals surface area contributed by atoms with Crippen molar-refractivity contribution in [1.82, 2.24) is 5.32 Å². The Morgan fingerprint density at radius 1 is 0.903 bits per heavy atom. The average Bonchev–Trinajstić information content (AvgIpc) is 2.79. The predicted octanol–water partition coefficient (Wildman–Crippen LogP) is 5.03. The maximum atomic E-state index is 13.1. The molecule has 3 aromatic carbocycles. The van der Waals surface area contributed by atoms with E-state index in [9.17, 15) is 13.2 Å². The third kappa shape index (κ3) is 5.52. The van der Waals surface area contributed by atoms with E-state index in [1.54, 1.807) is 36.4 Å². The Balaban J connectivity index is 1.85. The molecule has 31 heavy (non-hydrogen) atoms. The fraction of sp³-hybridized carbons (Fsp3) is 0.240. The number of benzene rings is 3. The van der Waals surface area contributed by atoms with Gasteiger partial charge in [0.15, 0.2) is 0 Å². The van der Waals surface area contributed by atoms with Crippen LogP contribution in [-0.4, -0.2) is 21.4 Å². The van der Waals surface area contributed by atoms with Crippen molar-refractivity contribution >= 4 is 21.6 Å². The number of rotatable bonds is 8. The van der Waals surface area contributed by atoms with Gasteiger partial charge in [0.25, 0.3) is 15.9 Å². The van der Waals surface area contributed by atoms with E-state index in [1.165, 1.54) is 23.5 Å². The van der Waals surface area contributed by atoms with Crippen molar-refractivity contribution in [2.45, 2.75) is 31.2 Å². The molecule has 0 aliphatic heterocycles. The smallest absolute Gasteiger partial charge is 0.264 e. The normalized spacial score (nSPS) is 12.4. The lowest BCUT2D eigenvalue weighted by Crippen LogP contribution is -2.30. The van der Waals surface area contributed by atoms with Crippen LogP contribution in [0.15, 0.2) is 89.8 Å². The van der Waals surface area contributed by atoms with Crippen molar-refractivity contribution in [3.63, 3.8) is 0 Å². The fourth-order valence-electron chi connectivity index (χ4n) is 3.41. The number of nitrogens with zero attached hydrogens (tertiary/aromatic N) is 1. The van der Waals surface area contributed by atoms with Crippen molar-refractivity contribution < 1.29 is 13.2 Å². The Labute approximate surface area is 184 Å². The molecule has 162 valence electrons. The van der Waals surface area contributed by atoms with Crippen LogP contribution in [0.25, 0.3) is 0 Å². The van der Waals surface area contributed by atoms with Crippen LogP contribution in [0.4, 0.5) is 5.69 Å². The van der Waals surface area contributed by atoms with E-state index in [2.05, 4.69) is 19.2 Å². The maximum Gasteiger partial charge on any atom is 0.264 e. The summed E-state index contributed by atoms with van der Waals surface area (Å²) in [6.07, 6.45) is 0.782. The summed E-state index contributed by atoms with van der Waals surface area (Å²) >= 11 is 0. The Kier molecular flexibility index (Phi) is 7.13. The predicted molar refractivity (Wildman–Crippen MR) is 125 cm³/mol. The fourth-order valence-corrected chi connectivity index (χ4v) is 4.65. The topological polar surface area (TPSA) is 66.5 Å². The lowest BCUT2D eigenvalue weighted by molar-refractivity contribution is 0.0931. The van der Waals surface area contributed by atoms with Gasteiger partial charge in [-0.05, 0) is 48.2 Å². The second-order valence-corrected chi connectivity index (χ2v) is 9.87. The van der Waals surface area contributed by atoms with Crippen molar-refractivity contribution in [2.75, 3.05) is 11.4 Å². The van der Waals surface area contributed by atoms with Crippen LogP contribution in [0.3, 0.4) is 0 Å². The average molecular weight is 437 g/mol. The molecule has 1 atom stereocenters. The standard InChI is InChI=1S/C25H28N2O3S/c1-19(2)17-24(20-11-6-4-7-12-20)26-25(28)21-13-10-16-23(18-21)31(29,30)27(3)22-14-8-5-9-15-22/h4-16,18-19,24H,17H2,1-3H3,(H,26,28). The summed E-state index contributed by atoms with van der Waals surface area (Å²) < 4.78 is 27.4. The zero-order valence-corrected chi connectivity index (χ0v) is 18.8. The quantitative estimate of drug-likeness (QED) is 0.539. The highest BCUT2D eigenvalue weighted by atomic mass is 32.2. The molecule has 1 N–H and O–H groups in total. The largest absolute Gasteiger partial charge is 0.345 e. The van der Waals surface area contributed by atoms with E-state index < -0.39 is 10.0 Å². The first kappa shape index (κ1) is 22.6. The van der Waals surface area contributed by atoms with Crippen LogP contribution < -0.4 is 9.62 Å². The minimum Gasteiger partial charge on any atom is -0.345 e. The van der Waals surface area contributed by atoms with Gasteiger partial charge in [-0.25, -0.2) is 8.42 Å². The van der Waals surface area contributed by atoms with Gasteiger partial charge in [0.2, 0.25) is 0 Å². The number of carbonyl (C=O) groups excluding carboxylic acids is 1. The van der Waals surface area contributed by atoms with Crippen molar-refractivity contribution in [3.8, 4) is 0 Å². The van der Waals surface area contributed by atoms with E-state index in [0.29, 0.717) is 17.2 Å². The van der Waals surface area contributed by atoms with Gasteiger partial charge in [0.05, 0.1) is 16.6 Å². The highest BCUT2D eigenvalue weighted by molar-refractivity contribution is 7.92. The monoisotopic (exact) mass is 436 g/mol. The van der Waals surface area contributed by atoms with Gasteiger partial charge in [0, 0.05) is 12.6 Å². The molecule has 1 amide bonds. The highest BCUT2D eigenvalue weighted by Gasteiger charge is 2.23. The Bertz CT molecular complexity index is 1110. The third-order valence-electron chi connectivity index (χ3n) is 5.09. The van der Waals surface area contributed by atoms with Crippen LogP contribution >= 0.6 is 0 Å². The molecule has 0 bridgehead atoms. The molecule has 0 radical (unpaired) electrons. The maximum absolute atomic E-state index is 13.1. The molecule has 0 saturated heterocycles. The zero-order chi connectivity index (χ0) is 22.4. The highest BCUT2D eigenvalue weighted by Crippen LogP contribution is 2.24. The molecule has 6 heteroatoms. The SMILES string of the molecule is CC(C)CC(NC(=O)c1cccc(S(=O)(=O)N(C)c2ccccc2)c1)c1ccccc1. The minimum atomic E-state index is -3.79. The second-order valence-electron chi connectivity index (χ2n) is 7.90. The molecule has 0 fully saturated rings. The van der Waals surface area contributed by atoms with Gasteiger partial charge >= 0.3 is 0 Å². The Morgan fingerprint density at radius 2 is 1.52 bits per heavy atom. The molecule has 3 aromatic rings. The molecular formula is C25H28N2O3S. The number of anilines is 1. The second kappa shape index (κ2) is 9.79. The van der Waals surface area contributed by atoms with E-state index in [1.807, 2.05) is 36.4 Å². The first-order valence-electron chi connectivity index (χ1n) is 10.3. The van der Waals surface area contributed by atoms with E-state index >= 15 is 0 Å².